The van der Waals surface area contributed by atoms with E-state index in [0.29, 0.717) is 27.3 Å². The SMILES string of the molecule is COc1ccc(Cl)cc1N=C1NC(=O)C[C@H](C(=O)Nc2ccccc2)S1. The zero-order chi connectivity index (χ0) is 18.5. The maximum Gasteiger partial charge on any atom is 0.238 e. The third-order valence-corrected chi connectivity index (χ3v) is 4.88. The van der Waals surface area contributed by atoms with Gasteiger partial charge in [0, 0.05) is 17.1 Å². The van der Waals surface area contributed by atoms with Crippen molar-refractivity contribution in [1.29, 1.82) is 0 Å². The zero-order valence-corrected chi connectivity index (χ0v) is 15.4. The number of thioether (sulfide) groups is 1. The number of benzene rings is 2. The van der Waals surface area contributed by atoms with Gasteiger partial charge in [-0.3, -0.25) is 9.59 Å². The number of hydrogen-bond acceptors (Lipinski definition) is 5. The summed E-state index contributed by atoms with van der Waals surface area (Å²) in [7, 11) is 1.52. The highest BCUT2D eigenvalue weighted by Crippen LogP contribution is 2.32. The molecule has 1 fully saturated rings. The van der Waals surface area contributed by atoms with Crippen molar-refractivity contribution in [2.45, 2.75) is 11.7 Å². The Hall–Kier alpha value is -2.51. The lowest BCUT2D eigenvalue weighted by molar-refractivity contribution is -0.123. The van der Waals surface area contributed by atoms with Crippen LogP contribution in [0.4, 0.5) is 11.4 Å². The van der Waals surface area contributed by atoms with Crippen molar-refractivity contribution in [3.05, 3.63) is 53.6 Å². The molecule has 1 aliphatic rings. The van der Waals surface area contributed by atoms with E-state index in [1.807, 2.05) is 18.2 Å². The van der Waals surface area contributed by atoms with E-state index >= 15 is 0 Å². The summed E-state index contributed by atoms with van der Waals surface area (Å²) in [5, 5.41) is 5.74. The van der Waals surface area contributed by atoms with Gasteiger partial charge in [0.25, 0.3) is 0 Å². The third kappa shape index (κ3) is 4.56. The normalized spacial score (nSPS) is 18.3. The predicted molar refractivity (Wildman–Crippen MR) is 104 cm³/mol. The minimum atomic E-state index is -0.576. The topological polar surface area (TPSA) is 79.8 Å². The van der Waals surface area contributed by atoms with Gasteiger partial charge in [-0.1, -0.05) is 41.6 Å². The van der Waals surface area contributed by atoms with Gasteiger partial charge in [-0.15, -0.1) is 0 Å². The van der Waals surface area contributed by atoms with Crippen LogP contribution in [0.25, 0.3) is 0 Å². The largest absolute Gasteiger partial charge is 0.494 e. The van der Waals surface area contributed by atoms with Gasteiger partial charge in [0.15, 0.2) is 5.17 Å². The first-order chi connectivity index (χ1) is 12.5. The van der Waals surface area contributed by atoms with Gasteiger partial charge in [0.1, 0.15) is 16.7 Å². The fraction of sp³-hybridized carbons (Fsp3) is 0.167. The standard InChI is InChI=1S/C18H16ClN3O3S/c1-25-14-8-7-11(19)9-13(14)21-18-22-16(23)10-15(26-18)17(24)20-12-5-3-2-4-6-12/h2-9,15H,10H2,1H3,(H,20,24)(H,21,22,23)/t15-/m1/s1. The van der Waals surface area contributed by atoms with Crippen molar-refractivity contribution < 1.29 is 14.3 Å². The molecule has 0 unspecified atom stereocenters. The first-order valence-electron chi connectivity index (χ1n) is 7.80. The van der Waals surface area contributed by atoms with E-state index in [1.165, 1.54) is 18.9 Å². The number of nitrogens with one attached hydrogen (secondary N) is 2. The Bertz CT molecular complexity index is 858. The molecule has 0 spiro atoms. The molecule has 26 heavy (non-hydrogen) atoms. The zero-order valence-electron chi connectivity index (χ0n) is 13.9. The number of aliphatic imine (C=N–C) groups is 1. The van der Waals surface area contributed by atoms with Crippen molar-refractivity contribution in [2.75, 3.05) is 12.4 Å². The number of nitrogens with zero attached hydrogens (tertiary/aromatic N) is 1. The molecule has 6 nitrogen and oxygen atoms in total. The highest BCUT2D eigenvalue weighted by molar-refractivity contribution is 8.15. The molecule has 0 radical (unpaired) electrons. The number of carbonyl (C=O) groups excluding carboxylic acids is 2. The molecule has 0 aliphatic carbocycles. The van der Waals surface area contributed by atoms with E-state index in [2.05, 4.69) is 15.6 Å². The van der Waals surface area contributed by atoms with Crippen LogP contribution < -0.4 is 15.4 Å². The molecule has 2 aromatic carbocycles. The fourth-order valence-electron chi connectivity index (χ4n) is 2.35. The molecule has 2 amide bonds. The second-order valence-corrected chi connectivity index (χ2v) is 7.08. The predicted octanol–water partition coefficient (Wildman–Crippen LogP) is 3.60. The van der Waals surface area contributed by atoms with Crippen LogP contribution in [0.2, 0.25) is 5.02 Å². The molecule has 1 aliphatic heterocycles. The molecule has 8 heteroatoms. The number of halogens is 1. The minimum absolute atomic E-state index is 0.0784. The molecule has 3 rings (SSSR count). The summed E-state index contributed by atoms with van der Waals surface area (Å²) in [6.07, 6.45) is 0.0784. The molecule has 0 aromatic heterocycles. The molecule has 1 atom stereocenters. The molecule has 2 aromatic rings. The van der Waals surface area contributed by atoms with Crippen LogP contribution >= 0.6 is 23.4 Å². The maximum absolute atomic E-state index is 12.5. The lowest BCUT2D eigenvalue weighted by Crippen LogP contribution is -2.41. The van der Waals surface area contributed by atoms with Crippen molar-refractivity contribution >= 4 is 51.7 Å². The van der Waals surface area contributed by atoms with Gasteiger partial charge in [-0.2, -0.15) is 0 Å². The average molecular weight is 390 g/mol. The Balaban J connectivity index is 1.79. The Morgan fingerprint density at radius 3 is 2.81 bits per heavy atom. The van der Waals surface area contributed by atoms with E-state index in [4.69, 9.17) is 16.3 Å². The Morgan fingerprint density at radius 1 is 1.31 bits per heavy atom. The molecule has 2 N–H and O–H groups in total. The molecule has 0 bridgehead atoms. The maximum atomic E-state index is 12.5. The smallest absolute Gasteiger partial charge is 0.238 e. The van der Waals surface area contributed by atoms with Crippen molar-refractivity contribution in [3.8, 4) is 5.75 Å². The highest BCUT2D eigenvalue weighted by atomic mass is 35.5. The van der Waals surface area contributed by atoms with E-state index < -0.39 is 5.25 Å². The Morgan fingerprint density at radius 2 is 2.08 bits per heavy atom. The number of hydrogen-bond donors (Lipinski definition) is 2. The van der Waals surface area contributed by atoms with Crippen LogP contribution in [0.5, 0.6) is 5.75 Å². The van der Waals surface area contributed by atoms with Crippen LogP contribution in [0.1, 0.15) is 6.42 Å². The average Bonchev–Trinajstić information content (AvgIpc) is 2.62. The van der Waals surface area contributed by atoms with Crippen LogP contribution in [-0.2, 0) is 9.59 Å². The van der Waals surface area contributed by atoms with Gasteiger partial charge in [0.05, 0.1) is 7.11 Å². The highest BCUT2D eigenvalue weighted by Gasteiger charge is 2.30. The monoisotopic (exact) mass is 389 g/mol. The summed E-state index contributed by atoms with van der Waals surface area (Å²) in [5.74, 6) is 0.00567. The quantitative estimate of drug-likeness (QED) is 0.837. The molecule has 134 valence electrons. The molecule has 1 heterocycles. The molecular weight excluding hydrogens is 374 g/mol. The summed E-state index contributed by atoms with van der Waals surface area (Å²) in [5.41, 5.74) is 1.16. The number of carbonyl (C=O) groups is 2. The van der Waals surface area contributed by atoms with Gasteiger partial charge in [-0.05, 0) is 30.3 Å². The summed E-state index contributed by atoms with van der Waals surface area (Å²) in [6, 6.07) is 14.1. The van der Waals surface area contributed by atoms with E-state index in [9.17, 15) is 9.59 Å². The lowest BCUT2D eigenvalue weighted by Gasteiger charge is -2.22. The third-order valence-electron chi connectivity index (χ3n) is 3.57. The van der Waals surface area contributed by atoms with Gasteiger partial charge in [-0.25, -0.2) is 4.99 Å². The lowest BCUT2D eigenvalue weighted by atomic mass is 10.2. The van der Waals surface area contributed by atoms with E-state index in [-0.39, 0.29) is 18.2 Å². The number of para-hydroxylation sites is 1. The van der Waals surface area contributed by atoms with Crippen LogP contribution in [0.3, 0.4) is 0 Å². The number of amides is 2. The first-order valence-corrected chi connectivity index (χ1v) is 9.05. The minimum Gasteiger partial charge on any atom is -0.494 e. The van der Waals surface area contributed by atoms with Gasteiger partial charge < -0.3 is 15.4 Å². The Kier molecular flexibility index (Phi) is 5.80. The number of anilines is 1. The molecule has 0 saturated carbocycles. The van der Waals surface area contributed by atoms with E-state index in [1.54, 1.807) is 30.3 Å². The van der Waals surface area contributed by atoms with Crippen molar-refractivity contribution in [3.63, 3.8) is 0 Å². The first kappa shape index (κ1) is 18.3. The Labute approximate surface area is 160 Å². The number of methoxy groups -OCH3 is 1. The number of ether oxygens (including phenoxy) is 1. The molecular formula is C18H16ClN3O3S. The fourth-order valence-corrected chi connectivity index (χ4v) is 3.51. The second kappa shape index (κ2) is 8.25. The van der Waals surface area contributed by atoms with Crippen LogP contribution in [-0.4, -0.2) is 29.3 Å². The summed E-state index contributed by atoms with van der Waals surface area (Å²) in [4.78, 5) is 28.9. The van der Waals surface area contributed by atoms with Gasteiger partial charge in [0.2, 0.25) is 11.8 Å². The summed E-state index contributed by atoms with van der Waals surface area (Å²) in [6.45, 7) is 0. The van der Waals surface area contributed by atoms with E-state index in [0.717, 1.165) is 0 Å². The van der Waals surface area contributed by atoms with Crippen molar-refractivity contribution in [2.24, 2.45) is 4.99 Å². The summed E-state index contributed by atoms with van der Waals surface area (Å²) < 4.78 is 5.26. The second-order valence-electron chi connectivity index (χ2n) is 5.45. The number of rotatable bonds is 4. The molecule has 1 saturated heterocycles. The van der Waals surface area contributed by atoms with Crippen LogP contribution in [0.15, 0.2) is 53.5 Å². The number of amidine groups is 1. The summed E-state index contributed by atoms with van der Waals surface area (Å²) >= 11 is 7.20. The van der Waals surface area contributed by atoms with Crippen molar-refractivity contribution in [1.82, 2.24) is 5.32 Å². The van der Waals surface area contributed by atoms with Gasteiger partial charge >= 0.3 is 0 Å². The van der Waals surface area contributed by atoms with Crippen LogP contribution in [0, 0.1) is 0 Å².